The van der Waals surface area contributed by atoms with Crippen molar-refractivity contribution in [3.05, 3.63) is 28.8 Å². The molecule has 0 saturated carbocycles. The molecule has 0 aliphatic rings. The maximum absolute atomic E-state index is 11.7. The number of nitrogens with two attached hydrogens (primary N) is 1. The van der Waals surface area contributed by atoms with Crippen LogP contribution in [0.2, 0.25) is 5.02 Å². The number of ether oxygens (including phenoxy) is 1. The molecule has 1 atom stereocenters. The minimum atomic E-state index is -0.419. The van der Waals surface area contributed by atoms with Gasteiger partial charge in [-0.25, -0.2) is 4.79 Å². The Morgan fingerprint density at radius 1 is 1.56 bits per heavy atom. The third kappa shape index (κ3) is 3.14. The minimum absolute atomic E-state index is 0.261. The second-order valence-electron chi connectivity index (χ2n) is 3.82. The monoisotopic (exact) mass is 241 g/mol. The number of anilines is 1. The summed E-state index contributed by atoms with van der Waals surface area (Å²) in [5.41, 5.74) is 6.31. The van der Waals surface area contributed by atoms with E-state index in [4.69, 9.17) is 22.1 Å². The molecule has 1 aromatic carbocycles. The van der Waals surface area contributed by atoms with Gasteiger partial charge in [0.05, 0.1) is 22.9 Å². The van der Waals surface area contributed by atoms with Gasteiger partial charge in [-0.15, -0.1) is 0 Å². The molecule has 3 nitrogen and oxygen atoms in total. The van der Waals surface area contributed by atoms with Gasteiger partial charge in [0.1, 0.15) is 0 Å². The van der Waals surface area contributed by atoms with Crippen LogP contribution in [-0.2, 0) is 4.74 Å². The average molecular weight is 242 g/mol. The van der Waals surface area contributed by atoms with Crippen LogP contribution < -0.4 is 5.73 Å². The van der Waals surface area contributed by atoms with Gasteiger partial charge < -0.3 is 10.5 Å². The van der Waals surface area contributed by atoms with Crippen LogP contribution in [0.25, 0.3) is 0 Å². The lowest BCUT2D eigenvalue weighted by Crippen LogP contribution is -2.12. The predicted octanol–water partition coefficient (Wildman–Crippen LogP) is 3.13. The zero-order chi connectivity index (χ0) is 12.1. The molecular formula is C12H16ClNO2. The number of halogens is 1. The molecular weight excluding hydrogens is 226 g/mol. The Morgan fingerprint density at radius 3 is 2.88 bits per heavy atom. The molecule has 0 aliphatic heterocycles. The van der Waals surface area contributed by atoms with E-state index in [9.17, 15) is 4.79 Å². The smallest absolute Gasteiger partial charge is 0.339 e. The van der Waals surface area contributed by atoms with Gasteiger partial charge in [0.15, 0.2) is 0 Å². The number of benzene rings is 1. The molecule has 1 rings (SSSR count). The summed E-state index contributed by atoms with van der Waals surface area (Å²) in [7, 11) is 0. The zero-order valence-electron chi connectivity index (χ0n) is 9.50. The predicted molar refractivity (Wildman–Crippen MR) is 65.6 cm³/mol. The van der Waals surface area contributed by atoms with Gasteiger partial charge in [-0.2, -0.15) is 0 Å². The van der Waals surface area contributed by atoms with Crippen molar-refractivity contribution in [2.45, 2.75) is 20.3 Å². The molecule has 0 aliphatic carbocycles. The van der Waals surface area contributed by atoms with Crippen molar-refractivity contribution >= 4 is 23.3 Å². The van der Waals surface area contributed by atoms with Gasteiger partial charge in [0.2, 0.25) is 0 Å². The summed E-state index contributed by atoms with van der Waals surface area (Å²) in [5, 5.41) is 0.261. The Morgan fingerprint density at radius 2 is 2.25 bits per heavy atom. The van der Waals surface area contributed by atoms with Crippen LogP contribution in [0.15, 0.2) is 18.2 Å². The fourth-order valence-electron chi connectivity index (χ4n) is 1.12. The van der Waals surface area contributed by atoms with E-state index >= 15 is 0 Å². The van der Waals surface area contributed by atoms with Gasteiger partial charge in [-0.3, -0.25) is 0 Å². The van der Waals surface area contributed by atoms with Crippen LogP contribution in [-0.4, -0.2) is 12.6 Å². The lowest BCUT2D eigenvalue weighted by Gasteiger charge is -2.10. The van der Waals surface area contributed by atoms with Crippen LogP contribution in [0, 0.1) is 5.92 Å². The number of hydrogen-bond acceptors (Lipinski definition) is 3. The second kappa shape index (κ2) is 5.75. The van der Waals surface area contributed by atoms with Crippen LogP contribution in [0.4, 0.5) is 5.69 Å². The summed E-state index contributed by atoms with van der Waals surface area (Å²) in [6, 6.07) is 4.94. The highest BCUT2D eigenvalue weighted by Crippen LogP contribution is 2.23. The molecule has 1 unspecified atom stereocenters. The second-order valence-corrected chi connectivity index (χ2v) is 4.20. The molecule has 88 valence electrons. The van der Waals surface area contributed by atoms with Gasteiger partial charge >= 0.3 is 5.97 Å². The molecule has 0 saturated heterocycles. The highest BCUT2D eigenvalue weighted by Gasteiger charge is 2.14. The number of nitrogen functional groups attached to an aromatic ring is 1. The number of hydrogen-bond donors (Lipinski definition) is 1. The molecule has 0 spiro atoms. The Bertz CT molecular complexity index is 379. The first-order chi connectivity index (χ1) is 7.56. The molecule has 0 fully saturated rings. The summed E-state index contributed by atoms with van der Waals surface area (Å²) in [6.45, 7) is 4.47. The maximum atomic E-state index is 11.7. The summed E-state index contributed by atoms with van der Waals surface area (Å²) in [6.07, 6.45) is 0.970. The molecule has 0 amide bonds. The average Bonchev–Trinajstić information content (AvgIpc) is 2.29. The molecule has 0 radical (unpaired) electrons. The van der Waals surface area contributed by atoms with E-state index in [0.29, 0.717) is 23.8 Å². The van der Waals surface area contributed by atoms with E-state index in [1.807, 2.05) is 13.8 Å². The molecule has 0 heterocycles. The van der Waals surface area contributed by atoms with Crippen LogP contribution in [0.1, 0.15) is 30.6 Å². The highest BCUT2D eigenvalue weighted by atomic mass is 35.5. The third-order valence-electron chi connectivity index (χ3n) is 2.44. The van der Waals surface area contributed by atoms with E-state index in [2.05, 4.69) is 0 Å². The summed E-state index contributed by atoms with van der Waals surface area (Å²) in [4.78, 5) is 11.7. The zero-order valence-corrected chi connectivity index (χ0v) is 10.3. The Balaban J connectivity index is 2.70. The molecule has 4 heteroatoms. The summed E-state index contributed by atoms with van der Waals surface area (Å²) in [5.74, 6) is -0.0682. The molecule has 1 aromatic rings. The van der Waals surface area contributed by atoms with Gasteiger partial charge in [0, 0.05) is 0 Å². The highest BCUT2D eigenvalue weighted by molar-refractivity contribution is 6.36. The standard InChI is InChI=1S/C12H16ClNO2/c1-3-8(2)7-16-12(15)9-5-4-6-10(14)11(9)13/h4-6,8H,3,7,14H2,1-2H3. The van der Waals surface area contributed by atoms with Crippen LogP contribution in [0.3, 0.4) is 0 Å². The van der Waals surface area contributed by atoms with Crippen molar-refractivity contribution in [2.75, 3.05) is 12.3 Å². The Kier molecular flexibility index (Phi) is 4.62. The van der Waals surface area contributed by atoms with Crippen LogP contribution >= 0.6 is 11.6 Å². The number of carbonyl (C=O) groups excluding carboxylic acids is 1. The Labute approximate surface area is 101 Å². The maximum Gasteiger partial charge on any atom is 0.339 e. The first kappa shape index (κ1) is 12.8. The first-order valence-electron chi connectivity index (χ1n) is 5.27. The van der Waals surface area contributed by atoms with Crippen molar-refractivity contribution in [1.29, 1.82) is 0 Å². The topological polar surface area (TPSA) is 52.3 Å². The van der Waals surface area contributed by atoms with Crippen molar-refractivity contribution in [2.24, 2.45) is 5.92 Å². The SMILES string of the molecule is CCC(C)COC(=O)c1cccc(N)c1Cl. The number of esters is 1. The fourth-order valence-corrected chi connectivity index (χ4v) is 1.32. The fraction of sp³-hybridized carbons (Fsp3) is 0.417. The quantitative estimate of drug-likeness (QED) is 0.651. The molecule has 2 N–H and O–H groups in total. The van der Waals surface area contributed by atoms with Crippen LogP contribution in [0.5, 0.6) is 0 Å². The van der Waals surface area contributed by atoms with Crippen molar-refractivity contribution in [3.63, 3.8) is 0 Å². The number of carbonyl (C=O) groups is 1. The van der Waals surface area contributed by atoms with Gasteiger partial charge in [0.25, 0.3) is 0 Å². The summed E-state index contributed by atoms with van der Waals surface area (Å²) < 4.78 is 5.14. The van der Waals surface area contributed by atoms with Gasteiger partial charge in [-0.1, -0.05) is 37.9 Å². The van der Waals surface area contributed by atoms with Crippen molar-refractivity contribution in [1.82, 2.24) is 0 Å². The normalized spacial score (nSPS) is 12.2. The van der Waals surface area contributed by atoms with E-state index in [1.165, 1.54) is 0 Å². The Hall–Kier alpha value is -1.22. The summed E-state index contributed by atoms with van der Waals surface area (Å²) >= 11 is 5.91. The van der Waals surface area contributed by atoms with E-state index in [-0.39, 0.29) is 5.02 Å². The van der Waals surface area contributed by atoms with E-state index < -0.39 is 5.97 Å². The van der Waals surface area contributed by atoms with E-state index in [1.54, 1.807) is 18.2 Å². The van der Waals surface area contributed by atoms with Gasteiger partial charge in [-0.05, 0) is 18.1 Å². The largest absolute Gasteiger partial charge is 0.462 e. The van der Waals surface area contributed by atoms with Crippen molar-refractivity contribution < 1.29 is 9.53 Å². The van der Waals surface area contributed by atoms with E-state index in [0.717, 1.165) is 6.42 Å². The van der Waals surface area contributed by atoms with Crippen molar-refractivity contribution in [3.8, 4) is 0 Å². The lowest BCUT2D eigenvalue weighted by molar-refractivity contribution is 0.0447. The number of rotatable bonds is 4. The molecule has 0 aromatic heterocycles. The molecule has 0 bridgehead atoms. The molecule has 16 heavy (non-hydrogen) atoms. The minimum Gasteiger partial charge on any atom is -0.462 e. The third-order valence-corrected chi connectivity index (χ3v) is 2.87. The lowest BCUT2D eigenvalue weighted by atomic mass is 10.1. The first-order valence-corrected chi connectivity index (χ1v) is 5.65.